The van der Waals surface area contributed by atoms with Gasteiger partial charge in [-0.3, -0.25) is 9.97 Å². The molecule has 0 N–H and O–H groups in total. The maximum absolute atomic E-state index is 13.8. The molecule has 0 aliphatic heterocycles. The highest BCUT2D eigenvalue weighted by atomic mass is 19.1. The van der Waals surface area contributed by atoms with E-state index in [0.717, 1.165) is 206 Å². The largest absolute Gasteiger partial charge is 0.456 e. The summed E-state index contributed by atoms with van der Waals surface area (Å²) in [5.41, 5.74) is 35.9. The van der Waals surface area contributed by atoms with E-state index in [1.165, 1.54) is 70.8 Å². The van der Waals surface area contributed by atoms with Crippen molar-refractivity contribution < 1.29 is 53.5 Å². The van der Waals surface area contributed by atoms with Gasteiger partial charge in [-0.25, -0.2) is 35.8 Å². The van der Waals surface area contributed by atoms with Crippen molar-refractivity contribution in [2.45, 2.75) is 90.0 Å². The molecule has 10 heterocycles. The molecule has 0 saturated heterocycles. The summed E-state index contributed by atoms with van der Waals surface area (Å²) in [5, 5.41) is 7.63. The molecular formula is C103H88F4N10O4+4. The molecule has 0 unspecified atom stereocenters. The number of rotatable bonds is 8. The van der Waals surface area contributed by atoms with Crippen LogP contribution in [0.15, 0.2) is 243 Å². The molecule has 0 radical (unpaired) electrons. The minimum atomic E-state index is -0.304. The number of fused-ring (bicyclic) bond motifs is 12. The van der Waals surface area contributed by atoms with Gasteiger partial charge in [0.25, 0.3) is 25.3 Å². The van der Waals surface area contributed by atoms with E-state index in [1.54, 1.807) is 24.3 Å². The molecule has 14 nitrogen and oxygen atoms in total. The molecule has 0 bridgehead atoms. The molecule has 0 spiro atoms. The Morgan fingerprint density at radius 2 is 0.529 bits per heavy atom. The average molecular weight is 1610 g/mol. The lowest BCUT2D eigenvalue weighted by Gasteiger charge is -2.11. The van der Waals surface area contributed by atoms with E-state index in [9.17, 15) is 17.6 Å². The zero-order valence-corrected chi connectivity index (χ0v) is 70.5. The predicted molar refractivity (Wildman–Crippen MR) is 471 cm³/mol. The number of benzene rings is 10. The van der Waals surface area contributed by atoms with Crippen molar-refractivity contribution in [3.8, 4) is 90.1 Å². The smallest absolute Gasteiger partial charge is 0.287 e. The first kappa shape index (κ1) is 79.2. The summed E-state index contributed by atoms with van der Waals surface area (Å²) in [5.74, 6) is -1.19. The summed E-state index contributed by atoms with van der Waals surface area (Å²) >= 11 is 0. The van der Waals surface area contributed by atoms with Gasteiger partial charge in [-0.2, -0.15) is 0 Å². The van der Waals surface area contributed by atoms with E-state index in [4.69, 9.17) is 17.7 Å². The molecule has 598 valence electrons. The second-order valence-electron chi connectivity index (χ2n) is 32.1. The van der Waals surface area contributed by atoms with Crippen molar-refractivity contribution in [3.63, 3.8) is 0 Å². The molecule has 0 fully saturated rings. The van der Waals surface area contributed by atoms with Crippen LogP contribution in [-0.2, 0) is 28.2 Å². The van der Waals surface area contributed by atoms with Crippen LogP contribution in [0.3, 0.4) is 0 Å². The van der Waals surface area contributed by atoms with Gasteiger partial charge in [0, 0.05) is 153 Å². The molecule has 20 rings (SSSR count). The SMILES string of the molecule is Cc1cc(-c2cc(-c3c(C)c(C)cc4c3oc3cc(F)ccc34)[n+](C)cn2)cc(C)n1.Cc1cc(-c2cc(-c3cc4oc5cc(F)ccc5c4cc3C)[n+](C)cn2)cc(C)n1.Cc1cc(C)cc(-c2cc(-c3cc4c(cc3C)oc3cc(F)ccc34)[n+](C)cn2)c1.Cc1cc(C)cc(-c2cc(-c3cc4oc5cc(F)ccc5c4cc3C)[n+](C)cn2)c1. The molecule has 10 aromatic heterocycles. The molecule has 0 saturated carbocycles. The Hall–Kier alpha value is -14.3. The van der Waals surface area contributed by atoms with Crippen molar-refractivity contribution in [2.75, 3.05) is 0 Å². The molecule has 10 aromatic carbocycles. The van der Waals surface area contributed by atoms with E-state index in [1.807, 2.05) is 142 Å². The number of pyridine rings is 2. The van der Waals surface area contributed by atoms with Gasteiger partial charge < -0.3 is 17.7 Å². The number of nitrogens with zero attached hydrogens (tertiary/aromatic N) is 10. The monoisotopic (exact) mass is 1600 g/mol. The van der Waals surface area contributed by atoms with Crippen LogP contribution in [0, 0.1) is 113 Å². The fourth-order valence-corrected chi connectivity index (χ4v) is 16.8. The average Bonchev–Trinajstić information content (AvgIpc) is 1.61. The summed E-state index contributed by atoms with van der Waals surface area (Å²) in [6.45, 7) is 26.8. The minimum Gasteiger partial charge on any atom is -0.456 e. The summed E-state index contributed by atoms with van der Waals surface area (Å²) in [4.78, 5) is 27.5. The molecule has 0 aliphatic rings. The Kier molecular flexibility index (Phi) is 20.7. The maximum atomic E-state index is 13.8. The Morgan fingerprint density at radius 3 is 0.901 bits per heavy atom. The van der Waals surface area contributed by atoms with Crippen molar-refractivity contribution in [1.29, 1.82) is 0 Å². The second kappa shape index (κ2) is 31.6. The van der Waals surface area contributed by atoms with Crippen LogP contribution in [0.25, 0.3) is 178 Å². The van der Waals surface area contributed by atoms with E-state index in [2.05, 4.69) is 177 Å². The number of hydrogen-bond acceptors (Lipinski definition) is 10. The molecular weight excluding hydrogens is 1520 g/mol. The van der Waals surface area contributed by atoms with Crippen LogP contribution in [-0.4, -0.2) is 29.9 Å². The van der Waals surface area contributed by atoms with Crippen LogP contribution in [0.1, 0.15) is 72.8 Å². The van der Waals surface area contributed by atoms with Crippen LogP contribution in [0.2, 0.25) is 0 Å². The topological polar surface area (TPSA) is 145 Å². The minimum absolute atomic E-state index is 0.294. The van der Waals surface area contributed by atoms with Crippen molar-refractivity contribution in [3.05, 3.63) is 322 Å². The first-order valence-corrected chi connectivity index (χ1v) is 40.0. The highest BCUT2D eigenvalue weighted by Crippen LogP contribution is 2.43. The highest BCUT2D eigenvalue weighted by molar-refractivity contribution is 6.11. The highest BCUT2D eigenvalue weighted by Gasteiger charge is 2.27. The summed E-state index contributed by atoms with van der Waals surface area (Å²) in [7, 11) is 7.95. The standard InChI is InChI=1S/C26H23FN3O.2C26H22FN2O.C25H21FN3O/c1-14-8-21-20-7-6-19(27)11-24(20)31-26(21)25(17(14)4)23-12-22(28-13-30(23)5)18-9-15(2)29-16(3)10-18;1-15-7-16(2)9-18(8-15)23-13-24(29(4)14-28-23)21-12-22-20-6-5-19(27)11-26(20)30-25(22)10-17(21)3;1-15-7-16(2)9-18(8-15)23-13-24(29(4)14-28-23)21-12-26-22(10-17(21)3)20-6-5-19(27)11-25(20)30-26;1-14-7-21-19-6-5-18(26)10-24(19)30-25(21)11-20(14)23-12-22(27-13-29(23)4)17-8-15(2)28-16(3)9-17/h6-13H,1-5H3;2*5-14H,1-4H3;5-13H,1-4H3/q4*+1. The zero-order valence-electron chi connectivity index (χ0n) is 70.5. The van der Waals surface area contributed by atoms with Crippen LogP contribution >= 0.6 is 0 Å². The third-order valence-electron chi connectivity index (χ3n) is 22.6. The molecule has 0 atom stereocenters. The second-order valence-corrected chi connectivity index (χ2v) is 32.1. The Morgan fingerprint density at radius 1 is 0.248 bits per heavy atom. The van der Waals surface area contributed by atoms with Gasteiger partial charge >= 0.3 is 0 Å². The number of aromatic nitrogens is 10. The van der Waals surface area contributed by atoms with E-state index in [-0.39, 0.29) is 23.3 Å². The van der Waals surface area contributed by atoms with Crippen molar-refractivity contribution in [2.24, 2.45) is 28.2 Å². The lowest BCUT2D eigenvalue weighted by Crippen LogP contribution is -2.31. The molecule has 0 aliphatic carbocycles. The van der Waals surface area contributed by atoms with Gasteiger partial charge in [-0.1, -0.05) is 34.4 Å². The van der Waals surface area contributed by atoms with Gasteiger partial charge in [0.2, 0.25) is 0 Å². The lowest BCUT2D eigenvalue weighted by atomic mass is 9.96. The maximum Gasteiger partial charge on any atom is 0.287 e. The fraction of sp³-hybridized carbons (Fsp3) is 0.165. The van der Waals surface area contributed by atoms with Gasteiger partial charge in [-0.15, -0.1) is 0 Å². The molecule has 18 heteroatoms. The molecule has 20 aromatic rings. The van der Waals surface area contributed by atoms with Crippen LogP contribution < -0.4 is 18.3 Å². The number of halogens is 4. The summed E-state index contributed by atoms with van der Waals surface area (Å²) < 4.78 is 86.8. The number of furan rings is 4. The normalized spacial score (nSPS) is 11.5. The Bertz CT molecular complexity index is 7330. The molecule has 121 heavy (non-hydrogen) atoms. The van der Waals surface area contributed by atoms with Crippen LogP contribution in [0.5, 0.6) is 0 Å². The first-order valence-electron chi connectivity index (χ1n) is 40.0. The number of aryl methyl sites for hydroxylation is 16. The van der Waals surface area contributed by atoms with E-state index in [0.29, 0.717) is 22.3 Å². The quantitative estimate of drug-likeness (QED) is 0.106. The van der Waals surface area contributed by atoms with Gasteiger partial charge in [0.15, 0.2) is 22.8 Å². The third-order valence-corrected chi connectivity index (χ3v) is 22.6. The third kappa shape index (κ3) is 15.6. The van der Waals surface area contributed by atoms with Gasteiger partial charge in [0.1, 0.15) is 90.7 Å². The Balaban J connectivity index is 0.000000115. The van der Waals surface area contributed by atoms with Gasteiger partial charge in [0.05, 0.1) is 33.8 Å². The first-order chi connectivity index (χ1) is 58.0. The van der Waals surface area contributed by atoms with E-state index >= 15 is 0 Å². The fourth-order valence-electron chi connectivity index (χ4n) is 16.8. The zero-order chi connectivity index (χ0) is 84.8. The summed E-state index contributed by atoms with van der Waals surface area (Å²) in [6, 6.07) is 62.9. The van der Waals surface area contributed by atoms with Crippen molar-refractivity contribution >= 4 is 87.8 Å². The van der Waals surface area contributed by atoms with Crippen LogP contribution in [0.4, 0.5) is 17.6 Å². The summed E-state index contributed by atoms with van der Waals surface area (Å²) in [6.07, 6.45) is 7.36. The van der Waals surface area contributed by atoms with Gasteiger partial charge in [-0.05, 0) is 277 Å². The Labute approximate surface area is 697 Å². The van der Waals surface area contributed by atoms with E-state index < -0.39 is 0 Å². The molecule has 0 amide bonds. The van der Waals surface area contributed by atoms with Crippen molar-refractivity contribution in [1.82, 2.24) is 29.9 Å². The number of hydrogen-bond donors (Lipinski definition) is 0. The lowest BCUT2D eigenvalue weighted by molar-refractivity contribution is -0.663. The predicted octanol–water partition coefficient (Wildman–Crippen LogP) is 23.9.